The van der Waals surface area contributed by atoms with E-state index in [9.17, 15) is 14.9 Å². The summed E-state index contributed by atoms with van der Waals surface area (Å²) in [4.78, 5) is 22.6. The number of nitrogens with two attached hydrogens (primary N) is 1. The van der Waals surface area contributed by atoms with Crippen LogP contribution >= 0.6 is 11.6 Å². The number of benzene rings is 2. The third kappa shape index (κ3) is 3.49. The predicted octanol–water partition coefficient (Wildman–Crippen LogP) is 3.39. The van der Waals surface area contributed by atoms with E-state index in [0.29, 0.717) is 10.7 Å². The molecule has 0 atom stereocenters. The third-order valence-electron chi connectivity index (χ3n) is 2.78. The summed E-state index contributed by atoms with van der Waals surface area (Å²) in [5.74, 6) is -0.516. The predicted molar refractivity (Wildman–Crippen MR) is 81.7 cm³/mol. The number of hydrogen-bond acceptors (Lipinski definition) is 4. The van der Waals surface area contributed by atoms with Crippen molar-refractivity contribution >= 4 is 34.6 Å². The summed E-state index contributed by atoms with van der Waals surface area (Å²) >= 11 is 5.84. The Balaban J connectivity index is 2.35. The van der Waals surface area contributed by atoms with Crippen molar-refractivity contribution in [1.29, 1.82) is 0 Å². The Bertz CT molecular complexity index is 711. The molecule has 0 bridgehead atoms. The van der Waals surface area contributed by atoms with Gasteiger partial charge in [0.2, 0.25) is 0 Å². The summed E-state index contributed by atoms with van der Waals surface area (Å²) in [6.07, 6.45) is 0. The molecule has 0 unspecified atom stereocenters. The normalized spacial score (nSPS) is 10.2. The van der Waals surface area contributed by atoms with Crippen LogP contribution in [0.3, 0.4) is 0 Å². The lowest BCUT2D eigenvalue weighted by molar-refractivity contribution is -0.383. The number of nitrogen functional groups attached to an aromatic ring is 1. The van der Waals surface area contributed by atoms with E-state index in [1.165, 1.54) is 30.3 Å². The molecule has 21 heavy (non-hydrogen) atoms. The Morgan fingerprint density at radius 3 is 2.62 bits per heavy atom. The number of aryl methyl sites for hydroxylation is 1. The fourth-order valence-corrected chi connectivity index (χ4v) is 2.09. The van der Waals surface area contributed by atoms with Gasteiger partial charge in [-0.25, -0.2) is 0 Å². The lowest BCUT2D eigenvalue weighted by atomic mass is 10.1. The van der Waals surface area contributed by atoms with Gasteiger partial charge in [-0.15, -0.1) is 0 Å². The van der Waals surface area contributed by atoms with Crippen LogP contribution in [0.1, 0.15) is 15.9 Å². The van der Waals surface area contributed by atoms with Crippen molar-refractivity contribution in [1.82, 2.24) is 0 Å². The highest BCUT2D eigenvalue weighted by molar-refractivity contribution is 6.31. The molecule has 0 spiro atoms. The van der Waals surface area contributed by atoms with Crippen LogP contribution in [0, 0.1) is 17.0 Å². The van der Waals surface area contributed by atoms with E-state index < -0.39 is 10.8 Å². The van der Waals surface area contributed by atoms with Gasteiger partial charge in [-0.3, -0.25) is 14.9 Å². The maximum absolute atomic E-state index is 12.2. The van der Waals surface area contributed by atoms with E-state index in [2.05, 4.69) is 5.32 Å². The molecule has 0 saturated heterocycles. The molecule has 0 radical (unpaired) electrons. The van der Waals surface area contributed by atoms with Crippen LogP contribution in [0.5, 0.6) is 0 Å². The molecular formula is C14H12ClN3O3. The molecule has 3 N–H and O–H groups in total. The number of nitro benzene ring substituents is 1. The molecular weight excluding hydrogens is 294 g/mol. The minimum Gasteiger partial charge on any atom is -0.399 e. The lowest BCUT2D eigenvalue weighted by Gasteiger charge is -2.08. The monoisotopic (exact) mass is 305 g/mol. The summed E-state index contributed by atoms with van der Waals surface area (Å²) in [5, 5.41) is 13.8. The molecule has 0 heterocycles. The number of nitro groups is 1. The molecule has 0 aromatic heterocycles. The quantitative estimate of drug-likeness (QED) is 0.516. The molecule has 108 valence electrons. The molecule has 0 aliphatic carbocycles. The number of carbonyl (C=O) groups excluding carboxylic acids is 1. The minimum atomic E-state index is -0.554. The number of nitrogens with zero attached hydrogens (tertiary/aromatic N) is 1. The molecule has 7 heteroatoms. The number of anilines is 2. The van der Waals surface area contributed by atoms with Crippen molar-refractivity contribution in [3.8, 4) is 0 Å². The van der Waals surface area contributed by atoms with E-state index in [0.717, 1.165) is 5.56 Å². The summed E-state index contributed by atoms with van der Waals surface area (Å²) in [6, 6.07) is 8.87. The van der Waals surface area contributed by atoms with Gasteiger partial charge < -0.3 is 11.1 Å². The first-order valence-electron chi connectivity index (χ1n) is 5.99. The Morgan fingerprint density at radius 2 is 2.00 bits per heavy atom. The second-order valence-electron chi connectivity index (χ2n) is 4.51. The first-order chi connectivity index (χ1) is 9.86. The highest BCUT2D eigenvalue weighted by Gasteiger charge is 2.17. The number of halogens is 1. The van der Waals surface area contributed by atoms with Gasteiger partial charge in [-0.1, -0.05) is 17.7 Å². The van der Waals surface area contributed by atoms with Gasteiger partial charge in [0.15, 0.2) is 0 Å². The summed E-state index contributed by atoms with van der Waals surface area (Å²) in [7, 11) is 0. The van der Waals surface area contributed by atoms with Crippen LogP contribution < -0.4 is 11.1 Å². The minimum absolute atomic E-state index is 0.128. The van der Waals surface area contributed by atoms with Crippen molar-refractivity contribution in [3.63, 3.8) is 0 Å². The van der Waals surface area contributed by atoms with Gasteiger partial charge in [0.05, 0.1) is 4.92 Å². The molecule has 0 aliphatic heterocycles. The van der Waals surface area contributed by atoms with Crippen molar-refractivity contribution in [2.45, 2.75) is 6.92 Å². The fraction of sp³-hybridized carbons (Fsp3) is 0.0714. The fourth-order valence-electron chi connectivity index (χ4n) is 1.85. The second-order valence-corrected chi connectivity index (χ2v) is 4.94. The largest absolute Gasteiger partial charge is 0.399 e. The van der Waals surface area contributed by atoms with Crippen LogP contribution in [0.2, 0.25) is 5.02 Å². The maximum atomic E-state index is 12.2. The summed E-state index contributed by atoms with van der Waals surface area (Å²) < 4.78 is 0. The van der Waals surface area contributed by atoms with E-state index >= 15 is 0 Å². The zero-order chi connectivity index (χ0) is 15.6. The van der Waals surface area contributed by atoms with E-state index in [-0.39, 0.29) is 16.9 Å². The Hall–Kier alpha value is -2.60. The van der Waals surface area contributed by atoms with Crippen LogP contribution in [0.15, 0.2) is 36.4 Å². The highest BCUT2D eigenvalue weighted by atomic mass is 35.5. The van der Waals surface area contributed by atoms with E-state index in [1.54, 1.807) is 13.0 Å². The Labute approximate surface area is 125 Å². The van der Waals surface area contributed by atoms with Crippen molar-refractivity contribution < 1.29 is 9.72 Å². The zero-order valence-corrected chi connectivity index (χ0v) is 11.8. The van der Waals surface area contributed by atoms with Gasteiger partial charge in [0.25, 0.3) is 11.6 Å². The van der Waals surface area contributed by atoms with Gasteiger partial charge in [-0.2, -0.15) is 0 Å². The van der Waals surface area contributed by atoms with Crippen molar-refractivity contribution in [2.75, 3.05) is 11.1 Å². The third-order valence-corrected chi connectivity index (χ3v) is 3.00. The van der Waals surface area contributed by atoms with Crippen LogP contribution in [0.4, 0.5) is 17.1 Å². The molecule has 2 rings (SSSR count). The number of nitrogens with one attached hydrogen (secondary N) is 1. The summed E-state index contributed by atoms with van der Waals surface area (Å²) in [6.45, 7) is 1.77. The number of rotatable bonds is 3. The zero-order valence-electron chi connectivity index (χ0n) is 11.1. The molecule has 0 saturated carbocycles. The maximum Gasteiger partial charge on any atom is 0.292 e. The average molecular weight is 306 g/mol. The highest BCUT2D eigenvalue weighted by Crippen LogP contribution is 2.26. The second kappa shape index (κ2) is 5.80. The lowest BCUT2D eigenvalue weighted by Crippen LogP contribution is -2.13. The standard InChI is InChI=1S/C14H12ClN3O3/c1-8-2-3-13(18(20)21)12(4-8)17-14(19)9-5-10(15)7-11(16)6-9/h2-7H,16H2,1H3,(H,17,19). The Kier molecular flexibility index (Phi) is 4.09. The molecule has 1 amide bonds. The van der Waals surface area contributed by atoms with Crippen LogP contribution in [0.25, 0.3) is 0 Å². The first kappa shape index (κ1) is 14.8. The van der Waals surface area contributed by atoms with Crippen molar-refractivity contribution in [3.05, 3.63) is 62.7 Å². The number of carbonyl (C=O) groups is 1. The van der Waals surface area contributed by atoms with E-state index in [4.69, 9.17) is 17.3 Å². The van der Waals surface area contributed by atoms with Gasteiger partial charge in [0, 0.05) is 22.3 Å². The molecule has 0 aliphatic rings. The smallest absolute Gasteiger partial charge is 0.292 e. The van der Waals surface area contributed by atoms with E-state index in [1.807, 2.05) is 0 Å². The summed E-state index contributed by atoms with van der Waals surface area (Å²) in [5.41, 5.74) is 6.94. The number of hydrogen-bond donors (Lipinski definition) is 2. The number of amides is 1. The molecule has 6 nitrogen and oxygen atoms in total. The van der Waals surface area contributed by atoms with Crippen LogP contribution in [-0.4, -0.2) is 10.8 Å². The van der Waals surface area contributed by atoms with Gasteiger partial charge in [-0.05, 0) is 36.8 Å². The molecule has 2 aromatic carbocycles. The SMILES string of the molecule is Cc1ccc([N+](=O)[O-])c(NC(=O)c2cc(N)cc(Cl)c2)c1. The Morgan fingerprint density at radius 1 is 1.29 bits per heavy atom. The average Bonchev–Trinajstić information content (AvgIpc) is 2.37. The van der Waals surface area contributed by atoms with Gasteiger partial charge >= 0.3 is 0 Å². The molecule has 0 fully saturated rings. The van der Waals surface area contributed by atoms with Crippen molar-refractivity contribution in [2.24, 2.45) is 0 Å². The topological polar surface area (TPSA) is 98.3 Å². The first-order valence-corrected chi connectivity index (χ1v) is 6.37. The molecule has 2 aromatic rings. The van der Waals surface area contributed by atoms with Crippen LogP contribution in [-0.2, 0) is 0 Å². The van der Waals surface area contributed by atoms with Gasteiger partial charge in [0.1, 0.15) is 5.69 Å².